The van der Waals surface area contributed by atoms with E-state index in [-0.39, 0.29) is 5.91 Å². The largest absolute Gasteiger partial charge is 0.486 e. The molecular formula is C16H22N2O5S. The molecule has 0 saturated carbocycles. The summed E-state index contributed by atoms with van der Waals surface area (Å²) < 4.78 is 36.0. The lowest BCUT2D eigenvalue weighted by molar-refractivity contribution is -0.133. The summed E-state index contributed by atoms with van der Waals surface area (Å²) in [5.41, 5.74) is 0.916. The molecule has 0 N–H and O–H groups in total. The molecule has 1 amide bonds. The van der Waals surface area contributed by atoms with E-state index in [1.807, 2.05) is 18.2 Å². The van der Waals surface area contributed by atoms with Crippen LogP contribution in [0.25, 0.3) is 0 Å². The van der Waals surface area contributed by atoms with Crippen LogP contribution in [0.2, 0.25) is 0 Å². The molecule has 0 aliphatic carbocycles. The lowest BCUT2D eigenvalue weighted by Gasteiger charge is -2.27. The summed E-state index contributed by atoms with van der Waals surface area (Å²) in [6.45, 7) is 1.85. The number of amides is 1. The molecule has 8 heteroatoms. The van der Waals surface area contributed by atoms with E-state index in [2.05, 4.69) is 0 Å². The number of carbonyl (C=O) groups is 1. The summed E-state index contributed by atoms with van der Waals surface area (Å²) in [6, 6.07) is 4.99. The van der Waals surface area contributed by atoms with Crippen molar-refractivity contribution in [2.45, 2.75) is 25.4 Å². The molecule has 0 bridgehead atoms. The number of ether oxygens (including phenoxy) is 2. The lowest BCUT2D eigenvalue weighted by Crippen LogP contribution is -2.45. The topological polar surface area (TPSA) is 76.2 Å². The van der Waals surface area contributed by atoms with Gasteiger partial charge in [-0.2, -0.15) is 4.31 Å². The van der Waals surface area contributed by atoms with Gasteiger partial charge in [-0.1, -0.05) is 6.07 Å². The van der Waals surface area contributed by atoms with Crippen molar-refractivity contribution in [1.82, 2.24) is 9.21 Å². The molecule has 0 spiro atoms. The van der Waals surface area contributed by atoms with Crippen LogP contribution in [-0.4, -0.2) is 62.6 Å². The molecule has 0 radical (unpaired) electrons. The number of hydrogen-bond donors (Lipinski definition) is 0. The minimum atomic E-state index is -3.37. The third kappa shape index (κ3) is 3.49. The molecule has 1 aromatic carbocycles. The number of carbonyl (C=O) groups excluding carboxylic acids is 1. The maximum Gasteiger partial charge on any atom is 0.241 e. The van der Waals surface area contributed by atoms with Gasteiger partial charge in [0.15, 0.2) is 11.5 Å². The molecule has 24 heavy (non-hydrogen) atoms. The van der Waals surface area contributed by atoms with Gasteiger partial charge >= 0.3 is 0 Å². The monoisotopic (exact) mass is 354 g/mol. The van der Waals surface area contributed by atoms with E-state index in [9.17, 15) is 13.2 Å². The average Bonchev–Trinajstić information content (AvgIpc) is 3.04. The lowest BCUT2D eigenvalue weighted by atomic mass is 10.1. The number of sulfonamides is 1. The third-order valence-electron chi connectivity index (χ3n) is 4.32. The van der Waals surface area contributed by atoms with Gasteiger partial charge < -0.3 is 14.4 Å². The molecule has 3 rings (SSSR count). The minimum Gasteiger partial charge on any atom is -0.486 e. The highest BCUT2D eigenvalue weighted by molar-refractivity contribution is 7.88. The van der Waals surface area contributed by atoms with Crippen LogP contribution in [0.15, 0.2) is 18.2 Å². The predicted molar refractivity (Wildman–Crippen MR) is 88.5 cm³/mol. The van der Waals surface area contributed by atoms with Gasteiger partial charge in [-0.3, -0.25) is 4.79 Å². The summed E-state index contributed by atoms with van der Waals surface area (Å²) >= 11 is 0. The van der Waals surface area contributed by atoms with E-state index in [4.69, 9.17) is 9.47 Å². The fraction of sp³-hybridized carbons (Fsp3) is 0.562. The SMILES string of the molecule is CN(Cc1ccc2c(c1)OCCO2)C(=O)C1CCCN1S(C)(=O)=O. The van der Waals surface area contributed by atoms with Crippen LogP contribution in [0.3, 0.4) is 0 Å². The van der Waals surface area contributed by atoms with Crippen LogP contribution in [-0.2, 0) is 21.4 Å². The highest BCUT2D eigenvalue weighted by Gasteiger charge is 2.37. The Morgan fingerprint density at radius 3 is 2.71 bits per heavy atom. The van der Waals surface area contributed by atoms with Gasteiger partial charge in [-0.15, -0.1) is 0 Å². The smallest absolute Gasteiger partial charge is 0.241 e. The summed E-state index contributed by atoms with van der Waals surface area (Å²) in [7, 11) is -1.67. The molecule has 2 aliphatic heterocycles. The Morgan fingerprint density at radius 1 is 1.29 bits per heavy atom. The molecule has 132 valence electrons. The van der Waals surface area contributed by atoms with Gasteiger partial charge in [0, 0.05) is 20.1 Å². The Kier molecular flexibility index (Phi) is 4.69. The second-order valence-electron chi connectivity index (χ2n) is 6.20. The number of nitrogens with zero attached hydrogens (tertiary/aromatic N) is 2. The van der Waals surface area contributed by atoms with Crippen LogP contribution in [0.1, 0.15) is 18.4 Å². The molecule has 2 heterocycles. The number of hydrogen-bond acceptors (Lipinski definition) is 5. The zero-order chi connectivity index (χ0) is 17.3. The average molecular weight is 354 g/mol. The van der Waals surface area contributed by atoms with Crippen molar-refractivity contribution in [1.29, 1.82) is 0 Å². The number of benzene rings is 1. The molecule has 1 saturated heterocycles. The molecule has 1 fully saturated rings. The molecule has 1 unspecified atom stereocenters. The third-order valence-corrected chi connectivity index (χ3v) is 5.61. The van der Waals surface area contributed by atoms with Crippen molar-refractivity contribution in [3.8, 4) is 11.5 Å². The van der Waals surface area contributed by atoms with Gasteiger partial charge in [-0.05, 0) is 30.5 Å². The standard InChI is InChI=1S/C16H22N2O5S/c1-17(16(19)13-4-3-7-18(13)24(2,20)21)11-12-5-6-14-15(10-12)23-9-8-22-14/h5-6,10,13H,3-4,7-9,11H2,1-2H3. The second kappa shape index (κ2) is 6.60. The van der Waals surface area contributed by atoms with E-state index in [0.29, 0.717) is 50.6 Å². The van der Waals surface area contributed by atoms with Crippen LogP contribution >= 0.6 is 0 Å². The number of rotatable bonds is 4. The Morgan fingerprint density at radius 2 is 2.00 bits per heavy atom. The quantitative estimate of drug-likeness (QED) is 0.801. The highest BCUT2D eigenvalue weighted by atomic mass is 32.2. The van der Waals surface area contributed by atoms with Gasteiger partial charge in [0.1, 0.15) is 19.3 Å². The van der Waals surface area contributed by atoms with Crippen molar-refractivity contribution in [2.24, 2.45) is 0 Å². The predicted octanol–water partition coefficient (Wildman–Crippen LogP) is 0.840. The molecule has 0 aromatic heterocycles. The first-order valence-corrected chi connectivity index (χ1v) is 9.81. The van der Waals surface area contributed by atoms with Crippen molar-refractivity contribution < 1.29 is 22.7 Å². The minimum absolute atomic E-state index is 0.173. The van der Waals surface area contributed by atoms with E-state index in [1.165, 1.54) is 4.31 Å². The Balaban J connectivity index is 1.70. The van der Waals surface area contributed by atoms with Crippen molar-refractivity contribution in [3.63, 3.8) is 0 Å². The Hall–Kier alpha value is -1.80. The first-order chi connectivity index (χ1) is 11.4. The molecular weight excluding hydrogens is 332 g/mol. The summed E-state index contributed by atoms with van der Waals surface area (Å²) in [5.74, 6) is 1.21. The number of likely N-dealkylation sites (N-methyl/N-ethyl adjacent to an activating group) is 1. The highest BCUT2D eigenvalue weighted by Crippen LogP contribution is 2.31. The van der Waals surface area contributed by atoms with Gasteiger partial charge in [0.05, 0.1) is 6.26 Å². The number of fused-ring (bicyclic) bond motifs is 1. The van der Waals surface area contributed by atoms with Crippen molar-refractivity contribution in [3.05, 3.63) is 23.8 Å². The maximum atomic E-state index is 12.7. The van der Waals surface area contributed by atoms with Gasteiger partial charge in [-0.25, -0.2) is 8.42 Å². The van der Waals surface area contributed by atoms with Crippen molar-refractivity contribution >= 4 is 15.9 Å². The summed E-state index contributed by atoms with van der Waals surface area (Å²) in [5, 5.41) is 0. The summed E-state index contributed by atoms with van der Waals surface area (Å²) in [6.07, 6.45) is 2.43. The van der Waals surface area contributed by atoms with Gasteiger partial charge in [0.25, 0.3) is 0 Å². The Labute approximate surface area is 142 Å². The summed E-state index contributed by atoms with van der Waals surface area (Å²) in [4.78, 5) is 14.2. The van der Waals surface area contributed by atoms with E-state index in [0.717, 1.165) is 11.8 Å². The molecule has 1 aromatic rings. The fourth-order valence-corrected chi connectivity index (χ4v) is 4.29. The van der Waals surface area contributed by atoms with E-state index in [1.54, 1.807) is 11.9 Å². The van der Waals surface area contributed by atoms with Crippen LogP contribution in [0.5, 0.6) is 11.5 Å². The van der Waals surface area contributed by atoms with Crippen LogP contribution in [0, 0.1) is 0 Å². The maximum absolute atomic E-state index is 12.7. The molecule has 7 nitrogen and oxygen atoms in total. The van der Waals surface area contributed by atoms with Crippen molar-refractivity contribution in [2.75, 3.05) is 33.1 Å². The van der Waals surface area contributed by atoms with Crippen LogP contribution in [0.4, 0.5) is 0 Å². The van der Waals surface area contributed by atoms with Crippen LogP contribution < -0.4 is 9.47 Å². The molecule has 2 aliphatic rings. The second-order valence-corrected chi connectivity index (χ2v) is 8.14. The van der Waals surface area contributed by atoms with E-state index >= 15 is 0 Å². The van der Waals surface area contributed by atoms with E-state index < -0.39 is 16.1 Å². The van der Waals surface area contributed by atoms with Gasteiger partial charge in [0.2, 0.25) is 15.9 Å². The zero-order valence-corrected chi connectivity index (χ0v) is 14.7. The first kappa shape index (κ1) is 17.0. The first-order valence-electron chi connectivity index (χ1n) is 7.96. The normalized spacial score (nSPS) is 20.8. The fourth-order valence-electron chi connectivity index (χ4n) is 3.18. The Bertz CT molecular complexity index is 734. The molecule has 1 atom stereocenters. The zero-order valence-electron chi connectivity index (χ0n) is 13.9.